The standard InChI is InChI=1S/C20H28O3/c1-17(2)8-5-9-18(3)15(17)12-16(21)19(4)20(18,23-19)10-6-14-7-11-22-13-14/h7,11,13,15H,5-6,8-10,12H2,1-4H3. The van der Waals surface area contributed by atoms with Crippen LogP contribution in [0, 0.1) is 16.7 Å². The molecule has 4 rings (SSSR count). The van der Waals surface area contributed by atoms with Crippen molar-refractivity contribution in [2.45, 2.75) is 77.4 Å². The fourth-order valence-corrected chi connectivity index (χ4v) is 6.08. The molecule has 3 aliphatic rings. The molecule has 0 radical (unpaired) electrons. The van der Waals surface area contributed by atoms with Crippen LogP contribution in [0.25, 0.3) is 0 Å². The van der Waals surface area contributed by atoms with E-state index in [9.17, 15) is 4.79 Å². The molecule has 1 aromatic rings. The Bertz CT molecular complexity index is 631. The summed E-state index contributed by atoms with van der Waals surface area (Å²) in [6, 6.07) is 2.02. The average Bonchev–Trinajstić information content (AvgIpc) is 2.87. The van der Waals surface area contributed by atoms with E-state index in [-0.39, 0.29) is 16.4 Å². The molecule has 0 aromatic carbocycles. The summed E-state index contributed by atoms with van der Waals surface area (Å²) in [6.07, 6.45) is 9.69. The van der Waals surface area contributed by atoms with Crippen LogP contribution in [-0.4, -0.2) is 17.0 Å². The van der Waals surface area contributed by atoms with Crippen molar-refractivity contribution in [3.05, 3.63) is 24.2 Å². The molecule has 3 heteroatoms. The third kappa shape index (κ3) is 1.83. The molecule has 4 unspecified atom stereocenters. The van der Waals surface area contributed by atoms with Gasteiger partial charge in [-0.1, -0.05) is 27.2 Å². The number of ketones is 1. The summed E-state index contributed by atoms with van der Waals surface area (Å²) in [4.78, 5) is 12.9. The van der Waals surface area contributed by atoms with Gasteiger partial charge in [-0.2, -0.15) is 0 Å². The second-order valence-corrected chi connectivity index (χ2v) is 9.03. The second-order valence-electron chi connectivity index (χ2n) is 9.03. The fraction of sp³-hybridized carbons (Fsp3) is 0.750. The first-order chi connectivity index (χ1) is 10.8. The van der Waals surface area contributed by atoms with Crippen molar-refractivity contribution in [3.8, 4) is 0 Å². The minimum absolute atomic E-state index is 0.0984. The number of Topliss-reactive ketones (excluding diaryl/α,β-unsaturated/α-hetero) is 1. The van der Waals surface area contributed by atoms with Crippen LogP contribution in [0.4, 0.5) is 0 Å². The van der Waals surface area contributed by atoms with E-state index in [1.54, 1.807) is 6.26 Å². The molecule has 0 spiro atoms. The molecule has 0 amide bonds. The van der Waals surface area contributed by atoms with Crippen molar-refractivity contribution < 1.29 is 13.9 Å². The Labute approximate surface area is 138 Å². The van der Waals surface area contributed by atoms with Crippen molar-refractivity contribution in [3.63, 3.8) is 0 Å². The quantitative estimate of drug-likeness (QED) is 0.769. The van der Waals surface area contributed by atoms with E-state index in [2.05, 4.69) is 20.8 Å². The average molecular weight is 316 g/mol. The maximum Gasteiger partial charge on any atom is 0.167 e. The van der Waals surface area contributed by atoms with Crippen LogP contribution in [0.5, 0.6) is 0 Å². The van der Waals surface area contributed by atoms with E-state index in [1.165, 1.54) is 24.8 Å². The minimum atomic E-state index is -0.560. The Morgan fingerprint density at radius 2 is 2.00 bits per heavy atom. The fourth-order valence-electron chi connectivity index (χ4n) is 6.08. The summed E-state index contributed by atoms with van der Waals surface area (Å²) in [5.41, 5.74) is 0.676. The Morgan fingerprint density at radius 1 is 1.22 bits per heavy atom. The number of carbonyl (C=O) groups excluding carboxylic acids is 1. The Balaban J connectivity index is 1.70. The first-order valence-electron chi connectivity index (χ1n) is 9.00. The van der Waals surface area contributed by atoms with Crippen LogP contribution in [0.2, 0.25) is 0 Å². The third-order valence-corrected chi connectivity index (χ3v) is 7.53. The summed E-state index contributed by atoms with van der Waals surface area (Å²) in [5.74, 6) is 0.748. The Morgan fingerprint density at radius 3 is 2.70 bits per heavy atom. The summed E-state index contributed by atoms with van der Waals surface area (Å²) < 4.78 is 11.6. The smallest absolute Gasteiger partial charge is 0.167 e. The highest BCUT2D eigenvalue weighted by atomic mass is 16.6. The molecular formula is C20H28O3. The summed E-state index contributed by atoms with van der Waals surface area (Å²) >= 11 is 0. The predicted octanol–water partition coefficient (Wildman–Crippen LogP) is 4.55. The molecule has 1 saturated heterocycles. The van der Waals surface area contributed by atoms with E-state index in [4.69, 9.17) is 9.15 Å². The Hall–Kier alpha value is -1.09. The normalized spacial score (nSPS) is 44.5. The van der Waals surface area contributed by atoms with Gasteiger partial charge in [0.2, 0.25) is 0 Å². The van der Waals surface area contributed by atoms with E-state index >= 15 is 0 Å². The monoisotopic (exact) mass is 316 g/mol. The lowest BCUT2D eigenvalue weighted by Gasteiger charge is -2.56. The van der Waals surface area contributed by atoms with E-state index < -0.39 is 5.60 Å². The van der Waals surface area contributed by atoms with Gasteiger partial charge in [0.1, 0.15) is 5.60 Å². The van der Waals surface area contributed by atoms with Crippen LogP contribution < -0.4 is 0 Å². The van der Waals surface area contributed by atoms with Gasteiger partial charge in [-0.05, 0) is 55.6 Å². The number of carbonyl (C=O) groups is 1. The van der Waals surface area contributed by atoms with Crippen molar-refractivity contribution in [2.24, 2.45) is 16.7 Å². The zero-order valence-corrected chi connectivity index (χ0v) is 14.8. The number of ether oxygens (including phenoxy) is 1. The highest BCUT2D eigenvalue weighted by Crippen LogP contribution is 2.73. The number of aryl methyl sites for hydroxylation is 1. The summed E-state index contributed by atoms with van der Waals surface area (Å²) in [7, 11) is 0. The maximum atomic E-state index is 12.9. The van der Waals surface area contributed by atoms with Gasteiger partial charge in [0.15, 0.2) is 11.4 Å². The molecule has 4 atom stereocenters. The molecule has 126 valence electrons. The lowest BCUT2D eigenvalue weighted by molar-refractivity contribution is -0.135. The van der Waals surface area contributed by atoms with Crippen molar-refractivity contribution in [1.29, 1.82) is 0 Å². The first-order valence-corrected chi connectivity index (χ1v) is 9.00. The van der Waals surface area contributed by atoms with Crippen molar-refractivity contribution >= 4 is 5.78 Å². The van der Waals surface area contributed by atoms with Gasteiger partial charge in [-0.15, -0.1) is 0 Å². The zero-order valence-electron chi connectivity index (χ0n) is 14.8. The van der Waals surface area contributed by atoms with Gasteiger partial charge >= 0.3 is 0 Å². The molecular weight excluding hydrogens is 288 g/mol. The number of hydrogen-bond acceptors (Lipinski definition) is 3. The van der Waals surface area contributed by atoms with Gasteiger partial charge in [-0.3, -0.25) is 4.79 Å². The lowest BCUT2D eigenvalue weighted by Crippen LogP contribution is -2.59. The molecule has 23 heavy (non-hydrogen) atoms. The van der Waals surface area contributed by atoms with Crippen LogP contribution in [0.15, 0.2) is 23.0 Å². The molecule has 0 bridgehead atoms. The molecule has 2 heterocycles. The zero-order chi connectivity index (χ0) is 16.5. The van der Waals surface area contributed by atoms with Gasteiger partial charge in [0.25, 0.3) is 0 Å². The molecule has 2 aliphatic carbocycles. The Kier molecular flexibility index (Phi) is 3.02. The number of hydrogen-bond donors (Lipinski definition) is 0. The number of rotatable bonds is 3. The SMILES string of the molecule is CC1(C)CCCC2(C)C1CC(=O)C1(C)OC12CCc1ccoc1. The van der Waals surface area contributed by atoms with Crippen molar-refractivity contribution in [2.75, 3.05) is 0 Å². The van der Waals surface area contributed by atoms with Crippen LogP contribution in [-0.2, 0) is 16.0 Å². The first kappa shape index (κ1) is 15.4. The highest BCUT2D eigenvalue weighted by molar-refractivity contribution is 5.93. The number of furan rings is 1. The molecule has 3 nitrogen and oxygen atoms in total. The topological polar surface area (TPSA) is 42.7 Å². The number of fused-ring (bicyclic) bond motifs is 3. The van der Waals surface area contributed by atoms with Crippen LogP contribution in [0.1, 0.15) is 65.4 Å². The van der Waals surface area contributed by atoms with Crippen LogP contribution in [0.3, 0.4) is 0 Å². The molecule has 1 aromatic heterocycles. The van der Waals surface area contributed by atoms with Gasteiger partial charge < -0.3 is 9.15 Å². The van der Waals surface area contributed by atoms with Gasteiger partial charge in [0, 0.05) is 11.8 Å². The van der Waals surface area contributed by atoms with Crippen molar-refractivity contribution in [1.82, 2.24) is 0 Å². The predicted molar refractivity (Wildman–Crippen MR) is 88.1 cm³/mol. The molecule has 0 N–H and O–H groups in total. The molecule has 3 fully saturated rings. The van der Waals surface area contributed by atoms with E-state index in [0.29, 0.717) is 18.1 Å². The minimum Gasteiger partial charge on any atom is -0.472 e. The summed E-state index contributed by atoms with van der Waals surface area (Å²) in [5, 5.41) is 0. The van der Waals surface area contributed by atoms with E-state index in [0.717, 1.165) is 12.8 Å². The van der Waals surface area contributed by atoms with Gasteiger partial charge in [-0.25, -0.2) is 0 Å². The van der Waals surface area contributed by atoms with Gasteiger partial charge in [0.05, 0.1) is 12.5 Å². The lowest BCUT2D eigenvalue weighted by atomic mass is 9.45. The summed E-state index contributed by atoms with van der Waals surface area (Å²) in [6.45, 7) is 9.12. The third-order valence-electron chi connectivity index (χ3n) is 7.53. The molecule has 1 aliphatic heterocycles. The van der Waals surface area contributed by atoms with Crippen LogP contribution >= 0.6 is 0 Å². The number of epoxide rings is 1. The van der Waals surface area contributed by atoms with E-state index in [1.807, 2.05) is 19.3 Å². The molecule has 2 saturated carbocycles. The highest BCUT2D eigenvalue weighted by Gasteiger charge is 2.82. The maximum absolute atomic E-state index is 12.9. The largest absolute Gasteiger partial charge is 0.472 e. The second kappa shape index (κ2) is 4.50.